The number of unbranched alkanes of at least 4 members (excludes halogenated alkanes) is 13. The van der Waals surface area contributed by atoms with Crippen molar-refractivity contribution in [3.05, 3.63) is 12.7 Å². The fraction of sp³-hybridized carbons (Fsp3) is 0.857. The van der Waals surface area contributed by atoms with Gasteiger partial charge in [0.2, 0.25) is 5.67 Å². The van der Waals surface area contributed by atoms with Crippen molar-refractivity contribution < 1.29 is 14.3 Å². The summed E-state index contributed by atoms with van der Waals surface area (Å²) in [4.78, 5) is 11.0. The Kier molecular flexibility index (Phi) is 15.1. The van der Waals surface area contributed by atoms with Gasteiger partial charge in [-0.05, 0) is 12.8 Å². The topological polar surface area (TPSA) is 37.3 Å². The van der Waals surface area contributed by atoms with Gasteiger partial charge in [-0.2, -0.15) is 0 Å². The molecule has 0 saturated carbocycles. The van der Waals surface area contributed by atoms with Crippen LogP contribution in [0, 0.1) is 0 Å². The number of rotatable bonds is 18. The van der Waals surface area contributed by atoms with Gasteiger partial charge in [0.1, 0.15) is 0 Å². The van der Waals surface area contributed by atoms with Crippen molar-refractivity contribution in [1.29, 1.82) is 0 Å². The molecule has 0 aliphatic rings. The highest BCUT2D eigenvalue weighted by Gasteiger charge is 2.36. The van der Waals surface area contributed by atoms with Gasteiger partial charge in [-0.3, -0.25) is 0 Å². The van der Waals surface area contributed by atoms with Gasteiger partial charge in [0.15, 0.2) is 0 Å². The van der Waals surface area contributed by atoms with E-state index < -0.39 is 11.6 Å². The van der Waals surface area contributed by atoms with Gasteiger partial charge in [0.05, 0.1) is 0 Å². The minimum absolute atomic E-state index is 0.0965. The highest BCUT2D eigenvalue weighted by molar-refractivity contribution is 5.77. The van der Waals surface area contributed by atoms with Crippen LogP contribution in [0.5, 0.6) is 0 Å². The fourth-order valence-electron chi connectivity index (χ4n) is 3.12. The quantitative estimate of drug-likeness (QED) is 0.211. The molecule has 0 aromatic carbocycles. The van der Waals surface area contributed by atoms with Gasteiger partial charge in [-0.25, -0.2) is 9.18 Å². The summed E-state index contributed by atoms with van der Waals surface area (Å²) in [6.07, 6.45) is 18.7. The lowest BCUT2D eigenvalue weighted by molar-refractivity contribution is -0.151. The van der Waals surface area contributed by atoms with Crippen LogP contribution in [0.15, 0.2) is 12.7 Å². The first kappa shape index (κ1) is 23.1. The second kappa shape index (κ2) is 15.7. The number of carboxylic acids is 1. The third kappa shape index (κ3) is 12.5. The van der Waals surface area contributed by atoms with Gasteiger partial charge >= 0.3 is 5.97 Å². The second-order valence-corrected chi connectivity index (χ2v) is 7.11. The maximum absolute atomic E-state index is 14.1. The van der Waals surface area contributed by atoms with Gasteiger partial charge in [-0.15, -0.1) is 6.58 Å². The number of alkyl halides is 1. The molecule has 1 unspecified atom stereocenters. The predicted molar refractivity (Wildman–Crippen MR) is 101 cm³/mol. The number of hydrogen-bond donors (Lipinski definition) is 1. The molecule has 0 spiro atoms. The van der Waals surface area contributed by atoms with E-state index in [1.165, 1.54) is 76.7 Å². The molecule has 0 bridgehead atoms. The molecule has 0 radical (unpaired) electrons. The molecular weight excluding hydrogens is 303 g/mol. The van der Waals surface area contributed by atoms with E-state index in [1.54, 1.807) is 0 Å². The van der Waals surface area contributed by atoms with Crippen molar-refractivity contribution in [2.45, 2.75) is 115 Å². The van der Waals surface area contributed by atoms with Crippen molar-refractivity contribution in [1.82, 2.24) is 0 Å². The van der Waals surface area contributed by atoms with E-state index in [0.717, 1.165) is 12.8 Å². The molecule has 0 aliphatic carbocycles. The molecule has 0 aromatic rings. The first-order valence-electron chi connectivity index (χ1n) is 10.1. The smallest absolute Gasteiger partial charge is 0.341 e. The lowest BCUT2D eigenvalue weighted by Crippen LogP contribution is -2.32. The third-order valence-corrected chi connectivity index (χ3v) is 4.78. The molecular formula is C21H39FO2. The van der Waals surface area contributed by atoms with Crippen LogP contribution in [0.3, 0.4) is 0 Å². The van der Waals surface area contributed by atoms with Crippen molar-refractivity contribution in [3.8, 4) is 0 Å². The third-order valence-electron chi connectivity index (χ3n) is 4.78. The molecule has 0 saturated heterocycles. The van der Waals surface area contributed by atoms with Crippen LogP contribution in [-0.2, 0) is 4.79 Å². The van der Waals surface area contributed by atoms with Crippen LogP contribution in [0.4, 0.5) is 4.39 Å². The van der Waals surface area contributed by atoms with Crippen LogP contribution in [0.25, 0.3) is 0 Å². The lowest BCUT2D eigenvalue weighted by atomic mass is 9.94. The minimum atomic E-state index is -2.11. The summed E-state index contributed by atoms with van der Waals surface area (Å²) in [6.45, 7) is 5.69. The van der Waals surface area contributed by atoms with Gasteiger partial charge in [0.25, 0.3) is 0 Å². The summed E-state index contributed by atoms with van der Waals surface area (Å²) >= 11 is 0. The molecule has 3 heteroatoms. The zero-order chi connectivity index (χ0) is 18.1. The van der Waals surface area contributed by atoms with E-state index in [0.29, 0.717) is 6.42 Å². The summed E-state index contributed by atoms with van der Waals surface area (Å²) < 4.78 is 14.1. The van der Waals surface area contributed by atoms with E-state index >= 15 is 0 Å². The molecule has 0 heterocycles. The summed E-state index contributed by atoms with van der Waals surface area (Å²) in [6, 6.07) is 0. The second-order valence-electron chi connectivity index (χ2n) is 7.11. The van der Waals surface area contributed by atoms with Crippen LogP contribution in [-0.4, -0.2) is 16.7 Å². The van der Waals surface area contributed by atoms with Crippen LogP contribution < -0.4 is 0 Å². The van der Waals surface area contributed by atoms with Crippen molar-refractivity contribution in [3.63, 3.8) is 0 Å². The lowest BCUT2D eigenvalue weighted by Gasteiger charge is -2.18. The van der Waals surface area contributed by atoms with Gasteiger partial charge in [0, 0.05) is 6.42 Å². The Morgan fingerprint density at radius 3 is 1.58 bits per heavy atom. The van der Waals surface area contributed by atoms with Crippen molar-refractivity contribution >= 4 is 5.97 Å². The minimum Gasteiger partial charge on any atom is -0.479 e. The SMILES string of the molecule is C=CCC(F)(CCCCCCCCCCCCCCCC)C(=O)O. The van der Waals surface area contributed by atoms with Crippen LogP contribution in [0.1, 0.15) is 110 Å². The van der Waals surface area contributed by atoms with Crippen molar-refractivity contribution in [2.75, 3.05) is 0 Å². The number of halogens is 1. The maximum atomic E-state index is 14.1. The Bertz CT molecular complexity index is 317. The van der Waals surface area contributed by atoms with E-state index in [2.05, 4.69) is 13.5 Å². The molecule has 0 aliphatic heterocycles. The summed E-state index contributed by atoms with van der Waals surface area (Å²) in [5.41, 5.74) is -2.11. The zero-order valence-corrected chi connectivity index (χ0v) is 15.8. The van der Waals surface area contributed by atoms with Crippen molar-refractivity contribution in [2.24, 2.45) is 0 Å². The molecule has 2 nitrogen and oxygen atoms in total. The molecule has 24 heavy (non-hydrogen) atoms. The molecule has 0 amide bonds. The maximum Gasteiger partial charge on any atom is 0.341 e. The van der Waals surface area contributed by atoms with Gasteiger partial charge < -0.3 is 5.11 Å². The highest BCUT2D eigenvalue weighted by atomic mass is 19.1. The largest absolute Gasteiger partial charge is 0.479 e. The normalized spacial score (nSPS) is 13.6. The first-order valence-corrected chi connectivity index (χ1v) is 10.1. The summed E-state index contributed by atoms with van der Waals surface area (Å²) in [5, 5.41) is 8.94. The number of hydrogen-bond acceptors (Lipinski definition) is 1. The Morgan fingerprint density at radius 1 is 0.875 bits per heavy atom. The highest BCUT2D eigenvalue weighted by Crippen LogP contribution is 2.25. The predicted octanol–water partition coefficient (Wildman–Crippen LogP) is 7.23. The molecule has 0 fully saturated rings. The van der Waals surface area contributed by atoms with E-state index in [-0.39, 0.29) is 12.8 Å². The fourth-order valence-corrected chi connectivity index (χ4v) is 3.12. The average Bonchev–Trinajstić information content (AvgIpc) is 2.55. The van der Waals surface area contributed by atoms with Crippen LogP contribution >= 0.6 is 0 Å². The number of carboxylic acid groups (broad SMARTS) is 1. The molecule has 0 rings (SSSR count). The number of allylic oxidation sites excluding steroid dienone is 1. The Morgan fingerprint density at radius 2 is 1.25 bits per heavy atom. The standard InChI is InChI=1S/C21H39FO2/c1-3-5-6-7-8-9-10-11-12-13-14-15-16-17-19-21(22,18-4-2)20(23)24/h4H,2-3,5-19H2,1H3,(H,23,24). The van der Waals surface area contributed by atoms with Gasteiger partial charge in [-0.1, -0.05) is 96.5 Å². The molecule has 0 aromatic heterocycles. The summed E-state index contributed by atoms with van der Waals surface area (Å²) in [7, 11) is 0. The number of carbonyl (C=O) groups is 1. The Balaban J connectivity index is 3.36. The molecule has 142 valence electrons. The zero-order valence-electron chi connectivity index (χ0n) is 15.8. The van der Waals surface area contributed by atoms with Crippen LogP contribution in [0.2, 0.25) is 0 Å². The summed E-state index contributed by atoms with van der Waals surface area (Å²) in [5.74, 6) is -1.35. The van der Waals surface area contributed by atoms with E-state index in [1.807, 2.05) is 0 Å². The average molecular weight is 343 g/mol. The molecule has 1 N–H and O–H groups in total. The Hall–Kier alpha value is -0.860. The monoisotopic (exact) mass is 342 g/mol. The van der Waals surface area contributed by atoms with E-state index in [9.17, 15) is 9.18 Å². The molecule has 1 atom stereocenters. The van der Waals surface area contributed by atoms with E-state index in [4.69, 9.17) is 5.11 Å². The first-order chi connectivity index (χ1) is 11.6. The Labute approximate surface area is 148 Å². The number of aliphatic carboxylic acids is 1.